The van der Waals surface area contributed by atoms with Crippen molar-refractivity contribution in [3.63, 3.8) is 0 Å². The van der Waals surface area contributed by atoms with Gasteiger partial charge in [-0.05, 0) is 70.6 Å². The van der Waals surface area contributed by atoms with E-state index in [1.54, 1.807) is 32.9 Å². The fourth-order valence-electron chi connectivity index (χ4n) is 6.65. The number of carbonyl (C=O) groups excluding carboxylic acids is 6. The Kier molecular flexibility index (Phi) is 11.9. The number of nitrogens with one attached hydrogen (secondary N) is 3. The molecule has 1 aromatic carbocycles. The first-order chi connectivity index (χ1) is 25.4. The molecule has 2 aliphatic carbocycles. The number of nitrogens with zero attached hydrogens (tertiary/aromatic N) is 2. The molecule has 1 saturated heterocycles. The average molecular weight is 774 g/mol. The van der Waals surface area contributed by atoms with Crippen LogP contribution in [0, 0.1) is 11.7 Å². The van der Waals surface area contributed by atoms with Crippen molar-refractivity contribution in [1.29, 1.82) is 0 Å². The lowest BCUT2D eigenvalue weighted by Gasteiger charge is -2.30. The molecule has 5 amide bonds. The maximum absolute atomic E-state index is 14.4. The molecule has 0 aromatic heterocycles. The largest absolute Gasteiger partial charge is 0.444 e. The highest BCUT2D eigenvalue weighted by molar-refractivity contribution is 7.91. The van der Waals surface area contributed by atoms with Crippen molar-refractivity contribution < 1.29 is 51.0 Å². The van der Waals surface area contributed by atoms with Gasteiger partial charge in [0.15, 0.2) is 5.78 Å². The highest BCUT2D eigenvalue weighted by atomic mass is 32.2. The smallest absolute Gasteiger partial charge is 0.410 e. The number of hydrogen-bond acceptors (Lipinski definition) is 10. The van der Waals surface area contributed by atoms with Gasteiger partial charge < -0.3 is 25.0 Å². The number of amides is 5. The molecule has 15 nitrogen and oxygen atoms in total. The van der Waals surface area contributed by atoms with Crippen LogP contribution in [0.4, 0.5) is 14.0 Å². The van der Waals surface area contributed by atoms with Gasteiger partial charge in [-0.2, -0.15) is 0 Å². The van der Waals surface area contributed by atoms with Crippen molar-refractivity contribution in [2.75, 3.05) is 6.54 Å². The zero-order valence-corrected chi connectivity index (χ0v) is 31.7. The molecule has 0 spiro atoms. The summed E-state index contributed by atoms with van der Waals surface area (Å²) in [5, 5.41) is 4.48. The van der Waals surface area contributed by atoms with E-state index in [-0.39, 0.29) is 51.1 Å². The predicted octanol–water partition coefficient (Wildman–Crippen LogP) is 3.13. The summed E-state index contributed by atoms with van der Waals surface area (Å²) in [6.45, 7) is 10.2. The molecule has 54 heavy (non-hydrogen) atoms. The van der Waals surface area contributed by atoms with Crippen molar-refractivity contribution >= 4 is 45.7 Å². The normalized spacial score (nSPS) is 24.0. The van der Waals surface area contributed by atoms with E-state index in [0.717, 1.165) is 4.90 Å². The van der Waals surface area contributed by atoms with Crippen LogP contribution in [-0.4, -0.2) is 95.0 Å². The van der Waals surface area contributed by atoms with E-state index in [9.17, 15) is 41.6 Å². The van der Waals surface area contributed by atoms with Crippen molar-refractivity contribution in [3.05, 3.63) is 60.0 Å². The fraction of sp³-hybridized carbons (Fsp3) is 0.568. The van der Waals surface area contributed by atoms with Crippen LogP contribution in [-0.2, 0) is 51.8 Å². The molecule has 4 aliphatic rings. The topological polar surface area (TPSA) is 198 Å². The number of ether oxygens (including phenoxy) is 2. The molecule has 5 atom stereocenters. The lowest BCUT2D eigenvalue weighted by atomic mass is 10.1. The molecule has 17 heteroatoms. The minimum absolute atomic E-state index is 0.0488. The zero-order valence-electron chi connectivity index (χ0n) is 30.9. The Bertz CT molecular complexity index is 1840. The zero-order chi connectivity index (χ0) is 39.6. The first-order valence-corrected chi connectivity index (χ1v) is 19.6. The third-order valence-corrected chi connectivity index (χ3v) is 11.6. The van der Waals surface area contributed by atoms with Gasteiger partial charge >= 0.3 is 12.2 Å². The molecule has 2 saturated carbocycles. The molecule has 294 valence electrons. The number of ketones is 1. The number of benzene rings is 1. The van der Waals surface area contributed by atoms with E-state index in [0.29, 0.717) is 30.4 Å². The van der Waals surface area contributed by atoms with E-state index in [1.165, 1.54) is 29.2 Å². The molecular weight excluding hydrogens is 725 g/mol. The van der Waals surface area contributed by atoms with Gasteiger partial charge in [0, 0.05) is 30.9 Å². The number of fused-ring (bicyclic) bond motifs is 1. The Morgan fingerprint density at radius 2 is 1.85 bits per heavy atom. The monoisotopic (exact) mass is 773 g/mol. The Labute approximate surface area is 314 Å². The van der Waals surface area contributed by atoms with Crippen LogP contribution in [0.2, 0.25) is 0 Å². The third-order valence-electron chi connectivity index (χ3n) is 9.76. The number of sulfonamides is 1. The van der Waals surface area contributed by atoms with Crippen LogP contribution in [0.3, 0.4) is 0 Å². The minimum Gasteiger partial charge on any atom is -0.444 e. The fourth-order valence-corrected chi connectivity index (χ4v) is 8.01. The summed E-state index contributed by atoms with van der Waals surface area (Å²) < 4.78 is 53.0. The Balaban J connectivity index is 1.39. The SMILES string of the molecule is C=C[C@@H]1C[C@]1(NC(=O)[C@@H]1CC(OC(=O)N2Cc3cccc(F)c3C2)CN1C(=O)[C@H](CCC(=O)/C=C/CC)NC(=O)OC(C)(C)C)C(=O)NS(=O)(=O)C1CC1. The highest BCUT2D eigenvalue weighted by Crippen LogP contribution is 2.45. The van der Waals surface area contributed by atoms with Crippen molar-refractivity contribution in [2.24, 2.45) is 5.92 Å². The summed E-state index contributed by atoms with van der Waals surface area (Å²) >= 11 is 0. The maximum Gasteiger partial charge on any atom is 0.410 e. The molecular formula is C37H48FN5O10S. The summed E-state index contributed by atoms with van der Waals surface area (Å²) in [7, 11) is -3.97. The Hall–Kier alpha value is -4.80. The van der Waals surface area contributed by atoms with E-state index in [1.807, 2.05) is 6.92 Å². The molecule has 2 heterocycles. The average Bonchev–Trinajstić information content (AvgIpc) is 3.98. The summed E-state index contributed by atoms with van der Waals surface area (Å²) in [5.74, 6) is -3.94. The van der Waals surface area contributed by atoms with E-state index in [2.05, 4.69) is 21.9 Å². The summed E-state index contributed by atoms with van der Waals surface area (Å²) in [6, 6.07) is 1.80. The van der Waals surface area contributed by atoms with Gasteiger partial charge in [-0.25, -0.2) is 22.4 Å². The van der Waals surface area contributed by atoms with Crippen LogP contribution < -0.4 is 15.4 Å². The van der Waals surface area contributed by atoms with Gasteiger partial charge in [0.25, 0.3) is 5.91 Å². The summed E-state index contributed by atoms with van der Waals surface area (Å²) in [5.41, 5.74) is -1.64. The molecule has 3 N–H and O–H groups in total. The summed E-state index contributed by atoms with van der Waals surface area (Å²) in [6.07, 6.45) is 2.57. The van der Waals surface area contributed by atoms with Gasteiger partial charge in [-0.3, -0.25) is 28.8 Å². The van der Waals surface area contributed by atoms with E-state index >= 15 is 0 Å². The van der Waals surface area contributed by atoms with Crippen molar-refractivity contribution in [3.8, 4) is 0 Å². The van der Waals surface area contributed by atoms with Gasteiger partial charge in [0.2, 0.25) is 21.8 Å². The minimum atomic E-state index is -3.97. The van der Waals surface area contributed by atoms with E-state index in [4.69, 9.17) is 9.47 Å². The Morgan fingerprint density at radius 3 is 2.46 bits per heavy atom. The number of halogens is 1. The van der Waals surface area contributed by atoms with Crippen LogP contribution in [0.25, 0.3) is 0 Å². The maximum atomic E-state index is 14.4. The number of alkyl carbamates (subject to hydrolysis) is 1. The van der Waals surface area contributed by atoms with Crippen molar-refractivity contribution in [2.45, 2.75) is 120 Å². The highest BCUT2D eigenvalue weighted by Gasteiger charge is 2.62. The standard InChI is InChI=1S/C37H48FN5O10S/c1-6-8-11-24(44)13-16-29(39-34(48)53-36(3,4)5)32(46)43-20-25(52-35(49)42-19-22-10-9-12-28(38)27(22)21-42)17-30(43)31(45)40-37(18-23(37)7-2)33(47)41-54(50,51)26-14-15-26/h7-12,23,25-26,29-30H,2,6,13-21H2,1,3-5H3,(H,39,48)(H,40,45)(H,41,47)/b11-8+/t23-,25?,29+,30+,37-/m1/s1. The van der Waals surface area contributed by atoms with Gasteiger partial charge in [0.1, 0.15) is 35.1 Å². The van der Waals surface area contributed by atoms with Gasteiger partial charge in [-0.1, -0.05) is 31.2 Å². The first-order valence-electron chi connectivity index (χ1n) is 18.1. The number of rotatable bonds is 14. The molecule has 5 rings (SSSR count). The predicted molar refractivity (Wildman–Crippen MR) is 192 cm³/mol. The second-order valence-corrected chi connectivity index (χ2v) is 17.1. The quantitative estimate of drug-likeness (QED) is 0.187. The van der Waals surface area contributed by atoms with Gasteiger partial charge in [-0.15, -0.1) is 6.58 Å². The molecule has 0 radical (unpaired) electrons. The number of likely N-dealkylation sites (tertiary alicyclic amines) is 1. The second-order valence-electron chi connectivity index (χ2n) is 15.2. The number of allylic oxidation sites excluding steroid dienone is 2. The third kappa shape index (κ3) is 9.46. The first kappa shape index (κ1) is 40.4. The van der Waals surface area contributed by atoms with Crippen LogP contribution in [0.15, 0.2) is 43.0 Å². The van der Waals surface area contributed by atoms with Crippen LogP contribution >= 0.6 is 0 Å². The number of hydrogen-bond donors (Lipinski definition) is 3. The molecule has 2 aliphatic heterocycles. The lowest BCUT2D eigenvalue weighted by Crippen LogP contribution is -2.58. The summed E-state index contributed by atoms with van der Waals surface area (Å²) in [4.78, 5) is 83.2. The molecule has 0 bridgehead atoms. The Morgan fingerprint density at radius 1 is 1.13 bits per heavy atom. The molecule has 1 unspecified atom stereocenters. The second kappa shape index (κ2) is 15.9. The van der Waals surface area contributed by atoms with Crippen LogP contribution in [0.5, 0.6) is 0 Å². The van der Waals surface area contributed by atoms with Crippen molar-refractivity contribution in [1.82, 2.24) is 25.2 Å². The molecule has 3 fully saturated rings. The van der Waals surface area contributed by atoms with E-state index < -0.39 is 86.2 Å². The lowest BCUT2D eigenvalue weighted by molar-refractivity contribution is -0.141. The molecule has 1 aromatic rings. The van der Waals surface area contributed by atoms with Gasteiger partial charge in [0.05, 0.1) is 18.3 Å². The number of carbonyl (C=O) groups is 6. The van der Waals surface area contributed by atoms with Crippen LogP contribution in [0.1, 0.15) is 83.8 Å².